The molecule has 1 N–H and O–H groups in total. The third-order valence-electron chi connectivity index (χ3n) is 5.29. The number of benzene rings is 3. The van der Waals surface area contributed by atoms with Crippen LogP contribution in [-0.2, 0) is 13.2 Å². The molecule has 4 aromatic rings. The van der Waals surface area contributed by atoms with Gasteiger partial charge in [-0.15, -0.1) is 0 Å². The molecule has 0 spiro atoms. The molecule has 0 unspecified atom stereocenters. The van der Waals surface area contributed by atoms with Gasteiger partial charge in [-0.2, -0.15) is 0 Å². The summed E-state index contributed by atoms with van der Waals surface area (Å²) in [7, 11) is 0. The van der Waals surface area contributed by atoms with E-state index in [9.17, 15) is 5.11 Å². The Labute approximate surface area is 182 Å². The largest absolute Gasteiger partial charge is 0.491 e. The van der Waals surface area contributed by atoms with Crippen LogP contribution in [0.3, 0.4) is 0 Å². The van der Waals surface area contributed by atoms with Gasteiger partial charge in [-0.1, -0.05) is 42.0 Å². The van der Waals surface area contributed by atoms with Crippen LogP contribution in [0.1, 0.15) is 22.5 Å². The lowest BCUT2D eigenvalue weighted by molar-refractivity contribution is 0.0914. The van der Waals surface area contributed by atoms with E-state index >= 15 is 0 Å². The van der Waals surface area contributed by atoms with Crippen molar-refractivity contribution in [3.8, 4) is 11.5 Å². The van der Waals surface area contributed by atoms with Crippen LogP contribution in [0.15, 0.2) is 66.7 Å². The Hall–Kier alpha value is -3.31. The van der Waals surface area contributed by atoms with E-state index in [1.165, 1.54) is 5.56 Å². The summed E-state index contributed by atoms with van der Waals surface area (Å²) in [6.07, 6.45) is -0.685. The van der Waals surface area contributed by atoms with Gasteiger partial charge in [-0.05, 0) is 62.2 Å². The standard InChI is InChI=1S/C26H28N2O3/c1-18-9-12-22(13-10-18)30-17-26-27-23-6-4-5-7-24(23)28(26)15-21(29)16-31-25-14-19(2)8-11-20(25)3/h4-14,21,29H,15-17H2,1-3H3/t21-/m1/s1. The number of aliphatic hydroxyl groups is 1. The molecule has 0 aliphatic carbocycles. The van der Waals surface area contributed by atoms with E-state index in [0.29, 0.717) is 13.2 Å². The lowest BCUT2D eigenvalue weighted by atomic mass is 10.1. The molecule has 0 aliphatic heterocycles. The summed E-state index contributed by atoms with van der Waals surface area (Å²) in [6.45, 7) is 6.98. The molecular weight excluding hydrogens is 388 g/mol. The molecule has 5 heteroatoms. The van der Waals surface area contributed by atoms with Crippen molar-refractivity contribution in [1.82, 2.24) is 9.55 Å². The maximum atomic E-state index is 10.7. The third kappa shape index (κ3) is 5.06. The number of aromatic nitrogens is 2. The average molecular weight is 417 g/mol. The van der Waals surface area contributed by atoms with Crippen molar-refractivity contribution in [2.45, 2.75) is 40.0 Å². The van der Waals surface area contributed by atoms with Gasteiger partial charge >= 0.3 is 0 Å². The lowest BCUT2D eigenvalue weighted by Gasteiger charge is -2.17. The maximum Gasteiger partial charge on any atom is 0.148 e. The van der Waals surface area contributed by atoms with E-state index in [2.05, 4.69) is 6.07 Å². The number of aliphatic hydroxyl groups excluding tert-OH is 1. The molecule has 3 aromatic carbocycles. The normalized spacial score (nSPS) is 12.1. The summed E-state index contributed by atoms with van der Waals surface area (Å²) in [6, 6.07) is 21.9. The van der Waals surface area contributed by atoms with Crippen LogP contribution in [-0.4, -0.2) is 27.4 Å². The summed E-state index contributed by atoms with van der Waals surface area (Å²) < 4.78 is 13.9. The monoisotopic (exact) mass is 416 g/mol. The fourth-order valence-corrected chi connectivity index (χ4v) is 3.53. The van der Waals surface area contributed by atoms with Gasteiger partial charge in [0.15, 0.2) is 0 Å². The zero-order valence-electron chi connectivity index (χ0n) is 18.2. The van der Waals surface area contributed by atoms with Gasteiger partial charge in [0.1, 0.15) is 36.6 Å². The Morgan fingerprint density at radius 3 is 2.45 bits per heavy atom. The molecule has 0 saturated heterocycles. The number of nitrogens with zero attached hydrogens (tertiary/aromatic N) is 2. The van der Waals surface area contributed by atoms with Crippen molar-refractivity contribution in [3.05, 3.63) is 89.2 Å². The molecule has 4 rings (SSSR count). The van der Waals surface area contributed by atoms with E-state index in [1.807, 2.05) is 86.0 Å². The van der Waals surface area contributed by atoms with Crippen LogP contribution in [0.2, 0.25) is 0 Å². The number of fused-ring (bicyclic) bond motifs is 1. The molecule has 1 atom stereocenters. The zero-order valence-corrected chi connectivity index (χ0v) is 18.2. The summed E-state index contributed by atoms with van der Waals surface area (Å²) in [5.41, 5.74) is 5.22. The smallest absolute Gasteiger partial charge is 0.148 e. The second-order valence-electron chi connectivity index (χ2n) is 7.96. The lowest BCUT2D eigenvalue weighted by Crippen LogP contribution is -2.25. The van der Waals surface area contributed by atoms with Crippen LogP contribution < -0.4 is 9.47 Å². The summed E-state index contributed by atoms with van der Waals surface area (Å²) in [5.74, 6) is 2.37. The van der Waals surface area contributed by atoms with E-state index in [0.717, 1.165) is 39.5 Å². The second-order valence-corrected chi connectivity index (χ2v) is 7.96. The van der Waals surface area contributed by atoms with Crippen LogP contribution in [0.5, 0.6) is 11.5 Å². The maximum absolute atomic E-state index is 10.7. The van der Waals surface area contributed by atoms with Crippen molar-refractivity contribution in [3.63, 3.8) is 0 Å². The first-order chi connectivity index (χ1) is 15.0. The van der Waals surface area contributed by atoms with Gasteiger partial charge in [-0.25, -0.2) is 4.98 Å². The Balaban J connectivity index is 1.49. The molecular formula is C26H28N2O3. The molecule has 5 nitrogen and oxygen atoms in total. The zero-order chi connectivity index (χ0) is 21.8. The molecule has 0 amide bonds. The molecule has 0 radical (unpaired) electrons. The quantitative estimate of drug-likeness (QED) is 0.440. The SMILES string of the molecule is Cc1ccc(OCc2nc3ccccc3n2C[C@@H](O)COc2cc(C)ccc2C)cc1. The van der Waals surface area contributed by atoms with Gasteiger partial charge in [0.2, 0.25) is 0 Å². The first-order valence-electron chi connectivity index (χ1n) is 10.5. The molecule has 0 bridgehead atoms. The van der Waals surface area contributed by atoms with Crippen LogP contribution in [0.4, 0.5) is 0 Å². The topological polar surface area (TPSA) is 56.5 Å². The highest BCUT2D eigenvalue weighted by molar-refractivity contribution is 5.75. The Morgan fingerprint density at radius 1 is 0.903 bits per heavy atom. The predicted molar refractivity (Wildman–Crippen MR) is 123 cm³/mol. The summed E-state index contributed by atoms with van der Waals surface area (Å²) in [5, 5.41) is 10.7. The number of rotatable bonds is 8. The molecule has 160 valence electrons. The van der Waals surface area contributed by atoms with E-state index in [4.69, 9.17) is 14.5 Å². The van der Waals surface area contributed by atoms with Crippen molar-refractivity contribution < 1.29 is 14.6 Å². The van der Waals surface area contributed by atoms with Gasteiger partial charge in [-0.3, -0.25) is 0 Å². The highest BCUT2D eigenvalue weighted by atomic mass is 16.5. The number of aryl methyl sites for hydroxylation is 3. The van der Waals surface area contributed by atoms with Crippen molar-refractivity contribution in [1.29, 1.82) is 0 Å². The molecule has 0 aliphatic rings. The van der Waals surface area contributed by atoms with Gasteiger partial charge in [0.25, 0.3) is 0 Å². The van der Waals surface area contributed by atoms with Crippen LogP contribution in [0.25, 0.3) is 11.0 Å². The molecule has 1 heterocycles. The van der Waals surface area contributed by atoms with E-state index in [1.54, 1.807) is 0 Å². The molecule has 0 fully saturated rings. The average Bonchev–Trinajstić information content (AvgIpc) is 3.11. The van der Waals surface area contributed by atoms with Gasteiger partial charge in [0, 0.05) is 0 Å². The minimum atomic E-state index is -0.685. The minimum Gasteiger partial charge on any atom is -0.491 e. The highest BCUT2D eigenvalue weighted by Crippen LogP contribution is 2.21. The van der Waals surface area contributed by atoms with Crippen molar-refractivity contribution >= 4 is 11.0 Å². The fraction of sp³-hybridized carbons (Fsp3) is 0.269. The minimum absolute atomic E-state index is 0.203. The van der Waals surface area contributed by atoms with E-state index < -0.39 is 6.10 Å². The van der Waals surface area contributed by atoms with Gasteiger partial charge < -0.3 is 19.1 Å². The summed E-state index contributed by atoms with van der Waals surface area (Å²) >= 11 is 0. The molecule has 31 heavy (non-hydrogen) atoms. The third-order valence-corrected chi connectivity index (χ3v) is 5.29. The summed E-state index contributed by atoms with van der Waals surface area (Å²) in [4.78, 5) is 4.73. The number of para-hydroxylation sites is 2. The number of imidazole rings is 1. The predicted octanol–water partition coefficient (Wildman–Crippen LogP) is 4.98. The Kier molecular flexibility index (Phi) is 6.23. The van der Waals surface area contributed by atoms with E-state index in [-0.39, 0.29) is 6.61 Å². The van der Waals surface area contributed by atoms with Crippen LogP contribution >= 0.6 is 0 Å². The van der Waals surface area contributed by atoms with Crippen molar-refractivity contribution in [2.75, 3.05) is 6.61 Å². The van der Waals surface area contributed by atoms with Gasteiger partial charge in [0.05, 0.1) is 17.6 Å². The Morgan fingerprint density at radius 2 is 1.65 bits per heavy atom. The first-order valence-corrected chi connectivity index (χ1v) is 10.5. The number of ether oxygens (including phenoxy) is 2. The number of hydrogen-bond acceptors (Lipinski definition) is 4. The highest BCUT2D eigenvalue weighted by Gasteiger charge is 2.16. The first kappa shape index (κ1) is 20.9. The van der Waals surface area contributed by atoms with Crippen molar-refractivity contribution in [2.24, 2.45) is 0 Å². The molecule has 0 saturated carbocycles. The number of hydrogen-bond donors (Lipinski definition) is 1. The second kappa shape index (κ2) is 9.23. The fourth-order valence-electron chi connectivity index (χ4n) is 3.53. The van der Waals surface area contributed by atoms with Crippen LogP contribution in [0, 0.1) is 20.8 Å². The molecule has 1 aromatic heterocycles. The Bertz CT molecular complexity index is 1170.